The maximum absolute atomic E-state index is 4.63. The zero-order chi connectivity index (χ0) is 19.8. The molecule has 0 fully saturated rings. The number of fused-ring (bicyclic) bond motifs is 1. The van der Waals surface area contributed by atoms with Crippen molar-refractivity contribution in [3.8, 4) is 22.5 Å². The highest BCUT2D eigenvalue weighted by molar-refractivity contribution is 7.15. The first kappa shape index (κ1) is 17.5. The minimum atomic E-state index is 0.516. The number of anilines is 2. The Hall–Kier alpha value is -3.58. The topological polar surface area (TPSA) is 68.0 Å². The van der Waals surface area contributed by atoms with Crippen molar-refractivity contribution in [3.05, 3.63) is 77.4 Å². The summed E-state index contributed by atoms with van der Waals surface area (Å²) in [6, 6.07) is 20.4. The number of nitrogens with one attached hydrogen (secondary N) is 1. The number of hydrogen-bond donors (Lipinski definition) is 1. The summed E-state index contributed by atoms with van der Waals surface area (Å²) in [5, 5.41) is 9.93. The summed E-state index contributed by atoms with van der Waals surface area (Å²) in [6.45, 7) is 3.96. The van der Waals surface area contributed by atoms with E-state index in [1.807, 2.05) is 35.7 Å². The van der Waals surface area contributed by atoms with Crippen molar-refractivity contribution in [2.24, 2.45) is 0 Å². The van der Waals surface area contributed by atoms with Crippen LogP contribution in [0.25, 0.3) is 27.5 Å². The number of aromatic nitrogens is 5. The van der Waals surface area contributed by atoms with E-state index in [1.54, 1.807) is 11.3 Å². The maximum Gasteiger partial charge on any atom is 0.249 e. The zero-order valence-corrected chi connectivity index (χ0v) is 16.8. The quantitative estimate of drug-likeness (QED) is 0.446. The third-order valence-corrected chi connectivity index (χ3v) is 5.39. The smallest absolute Gasteiger partial charge is 0.249 e. The van der Waals surface area contributed by atoms with Gasteiger partial charge in [0.1, 0.15) is 11.6 Å². The molecule has 0 bridgehead atoms. The molecule has 0 saturated heterocycles. The Morgan fingerprint density at radius 2 is 1.66 bits per heavy atom. The van der Waals surface area contributed by atoms with E-state index in [-0.39, 0.29) is 0 Å². The van der Waals surface area contributed by atoms with E-state index in [9.17, 15) is 0 Å². The normalized spacial score (nSPS) is 11.1. The second-order valence-corrected chi connectivity index (χ2v) is 7.63. The summed E-state index contributed by atoms with van der Waals surface area (Å²) in [5.74, 6) is 1.88. The van der Waals surface area contributed by atoms with Crippen LogP contribution in [0.1, 0.15) is 11.4 Å². The second-order valence-electron chi connectivity index (χ2n) is 6.79. The van der Waals surface area contributed by atoms with Crippen molar-refractivity contribution < 1.29 is 0 Å². The van der Waals surface area contributed by atoms with Crippen LogP contribution in [0.3, 0.4) is 0 Å². The molecule has 7 heteroatoms. The Kier molecular flexibility index (Phi) is 4.29. The van der Waals surface area contributed by atoms with Gasteiger partial charge in [-0.1, -0.05) is 60.2 Å². The van der Waals surface area contributed by atoms with Crippen molar-refractivity contribution in [1.82, 2.24) is 24.6 Å². The SMILES string of the molecule is Cc1ccc(-c2cc(Nc3nc4scc(-c5ccccc5)n4n3)nc(C)n2)cc1. The summed E-state index contributed by atoms with van der Waals surface area (Å²) in [4.78, 5) is 14.5. The molecule has 0 amide bonds. The van der Waals surface area contributed by atoms with Crippen molar-refractivity contribution in [2.75, 3.05) is 5.32 Å². The number of aryl methyl sites for hydroxylation is 2. The lowest BCUT2D eigenvalue weighted by Crippen LogP contribution is -2.00. The Balaban J connectivity index is 1.48. The molecule has 0 saturated carbocycles. The lowest BCUT2D eigenvalue weighted by Gasteiger charge is -2.07. The van der Waals surface area contributed by atoms with Gasteiger partial charge in [0.25, 0.3) is 0 Å². The van der Waals surface area contributed by atoms with Gasteiger partial charge in [-0.3, -0.25) is 0 Å². The third-order valence-electron chi connectivity index (χ3n) is 4.58. The summed E-state index contributed by atoms with van der Waals surface area (Å²) in [5.41, 5.74) is 5.26. The molecule has 0 atom stereocenters. The number of rotatable bonds is 4. The minimum Gasteiger partial charge on any atom is -0.307 e. The number of benzene rings is 2. The molecule has 1 N–H and O–H groups in total. The lowest BCUT2D eigenvalue weighted by molar-refractivity contribution is 0.983. The van der Waals surface area contributed by atoms with Crippen LogP contribution in [0.2, 0.25) is 0 Å². The van der Waals surface area contributed by atoms with Gasteiger partial charge in [-0.05, 0) is 13.8 Å². The molecule has 5 rings (SSSR count). The molecule has 142 valence electrons. The van der Waals surface area contributed by atoms with Gasteiger partial charge in [0.15, 0.2) is 0 Å². The summed E-state index contributed by atoms with van der Waals surface area (Å²) < 4.78 is 1.86. The fraction of sp³-hybridized carbons (Fsp3) is 0.0909. The van der Waals surface area contributed by atoms with Crippen molar-refractivity contribution >= 4 is 28.1 Å². The van der Waals surface area contributed by atoms with E-state index in [0.717, 1.165) is 27.5 Å². The molecule has 0 aliphatic heterocycles. The Labute approximate surface area is 171 Å². The van der Waals surface area contributed by atoms with Crippen LogP contribution in [-0.2, 0) is 0 Å². The average molecular weight is 398 g/mol. The molecule has 0 radical (unpaired) electrons. The van der Waals surface area contributed by atoms with E-state index in [0.29, 0.717) is 17.6 Å². The highest BCUT2D eigenvalue weighted by atomic mass is 32.1. The molecule has 0 spiro atoms. The van der Waals surface area contributed by atoms with Crippen molar-refractivity contribution in [2.45, 2.75) is 13.8 Å². The molecule has 5 aromatic rings. The molecule has 29 heavy (non-hydrogen) atoms. The van der Waals surface area contributed by atoms with Gasteiger partial charge in [-0.2, -0.15) is 4.98 Å². The first-order valence-corrected chi connectivity index (χ1v) is 10.1. The monoisotopic (exact) mass is 398 g/mol. The summed E-state index contributed by atoms with van der Waals surface area (Å²) in [6.07, 6.45) is 0. The van der Waals surface area contributed by atoms with Crippen LogP contribution in [0.15, 0.2) is 66.0 Å². The van der Waals surface area contributed by atoms with E-state index in [2.05, 4.69) is 74.1 Å². The molecule has 6 nitrogen and oxygen atoms in total. The highest BCUT2D eigenvalue weighted by Crippen LogP contribution is 2.27. The lowest BCUT2D eigenvalue weighted by atomic mass is 10.1. The Morgan fingerprint density at radius 1 is 0.862 bits per heavy atom. The predicted octanol–water partition coefficient (Wildman–Crippen LogP) is 5.28. The number of thiazole rings is 1. The first-order valence-electron chi connectivity index (χ1n) is 9.25. The van der Waals surface area contributed by atoms with Crippen LogP contribution in [0, 0.1) is 13.8 Å². The third kappa shape index (κ3) is 3.48. The van der Waals surface area contributed by atoms with Crippen LogP contribution in [0.4, 0.5) is 11.8 Å². The van der Waals surface area contributed by atoms with Crippen molar-refractivity contribution in [3.63, 3.8) is 0 Å². The van der Waals surface area contributed by atoms with Crippen LogP contribution in [-0.4, -0.2) is 24.6 Å². The van der Waals surface area contributed by atoms with Gasteiger partial charge in [0, 0.05) is 22.6 Å². The summed E-state index contributed by atoms with van der Waals surface area (Å²) >= 11 is 1.56. The van der Waals surface area contributed by atoms with E-state index in [4.69, 9.17) is 0 Å². The van der Waals surface area contributed by atoms with Gasteiger partial charge < -0.3 is 5.32 Å². The van der Waals surface area contributed by atoms with Gasteiger partial charge in [0.05, 0.1) is 11.4 Å². The predicted molar refractivity (Wildman–Crippen MR) is 117 cm³/mol. The summed E-state index contributed by atoms with van der Waals surface area (Å²) in [7, 11) is 0. The van der Waals surface area contributed by atoms with Crippen molar-refractivity contribution in [1.29, 1.82) is 0 Å². The molecule has 2 aromatic carbocycles. The Morgan fingerprint density at radius 3 is 2.45 bits per heavy atom. The Bertz CT molecular complexity index is 1290. The van der Waals surface area contributed by atoms with E-state index < -0.39 is 0 Å². The van der Waals surface area contributed by atoms with E-state index in [1.165, 1.54) is 5.56 Å². The van der Waals surface area contributed by atoms with Crippen LogP contribution in [0.5, 0.6) is 0 Å². The molecule has 0 aliphatic carbocycles. The minimum absolute atomic E-state index is 0.516. The first-order chi connectivity index (χ1) is 14.2. The molecule has 0 aliphatic rings. The van der Waals surface area contributed by atoms with E-state index >= 15 is 0 Å². The second kappa shape index (κ2) is 7.10. The fourth-order valence-corrected chi connectivity index (χ4v) is 3.99. The molecular weight excluding hydrogens is 380 g/mol. The highest BCUT2D eigenvalue weighted by Gasteiger charge is 2.13. The molecule has 0 unspecified atom stereocenters. The van der Waals surface area contributed by atoms with Gasteiger partial charge in [-0.15, -0.1) is 16.4 Å². The molecular formula is C22H18N6S. The zero-order valence-electron chi connectivity index (χ0n) is 16.0. The largest absolute Gasteiger partial charge is 0.307 e. The molecule has 3 heterocycles. The number of nitrogens with zero attached hydrogens (tertiary/aromatic N) is 5. The van der Waals surface area contributed by atoms with Gasteiger partial charge >= 0.3 is 0 Å². The maximum atomic E-state index is 4.63. The van der Waals surface area contributed by atoms with Gasteiger partial charge in [-0.25, -0.2) is 14.5 Å². The fourth-order valence-electron chi connectivity index (χ4n) is 3.16. The van der Waals surface area contributed by atoms with Crippen LogP contribution < -0.4 is 5.32 Å². The van der Waals surface area contributed by atoms with Crippen LogP contribution >= 0.6 is 11.3 Å². The standard InChI is InChI=1S/C22H18N6S/c1-14-8-10-16(11-9-14)18-12-20(24-15(2)23-18)25-21-26-22-28(27-21)19(13-29-22)17-6-4-3-5-7-17/h3-13H,1-2H3,(H,23,24,25,27). The van der Waals surface area contributed by atoms with Gasteiger partial charge in [0.2, 0.25) is 10.9 Å². The average Bonchev–Trinajstić information content (AvgIpc) is 3.29. The molecule has 3 aromatic heterocycles. The number of hydrogen-bond acceptors (Lipinski definition) is 6.